The zero-order valence-electron chi connectivity index (χ0n) is 9.21. The lowest BCUT2D eigenvalue weighted by Gasteiger charge is -2.23. The summed E-state index contributed by atoms with van der Waals surface area (Å²) in [5, 5.41) is 3.41. The van der Waals surface area contributed by atoms with Gasteiger partial charge in [-0.25, -0.2) is 0 Å². The second-order valence-electron chi connectivity index (χ2n) is 4.17. The fourth-order valence-corrected chi connectivity index (χ4v) is 2.25. The van der Waals surface area contributed by atoms with Crippen LogP contribution in [-0.4, -0.2) is 19.8 Å². The maximum absolute atomic E-state index is 5.90. The first kappa shape index (κ1) is 11.7. The fourth-order valence-electron chi connectivity index (χ4n) is 1.89. The molecule has 0 spiro atoms. The second-order valence-corrected chi connectivity index (χ2v) is 5.08. The van der Waals surface area contributed by atoms with Crippen LogP contribution in [-0.2, 0) is 4.74 Å². The van der Waals surface area contributed by atoms with E-state index in [9.17, 15) is 0 Å². The number of nitrogen functional groups attached to an aromatic ring is 1. The van der Waals surface area contributed by atoms with Crippen molar-refractivity contribution in [2.24, 2.45) is 5.92 Å². The van der Waals surface area contributed by atoms with Gasteiger partial charge in [-0.1, -0.05) is 15.9 Å². The van der Waals surface area contributed by atoms with E-state index in [1.807, 2.05) is 18.2 Å². The monoisotopic (exact) mass is 284 g/mol. The number of benzene rings is 1. The van der Waals surface area contributed by atoms with E-state index in [1.165, 1.54) is 0 Å². The van der Waals surface area contributed by atoms with Crippen molar-refractivity contribution in [2.45, 2.75) is 12.8 Å². The lowest BCUT2D eigenvalue weighted by molar-refractivity contribution is 0.0699. The van der Waals surface area contributed by atoms with Crippen molar-refractivity contribution in [1.29, 1.82) is 0 Å². The van der Waals surface area contributed by atoms with Crippen molar-refractivity contribution in [1.82, 2.24) is 0 Å². The Morgan fingerprint density at radius 1 is 1.38 bits per heavy atom. The summed E-state index contributed by atoms with van der Waals surface area (Å²) in [4.78, 5) is 0. The highest BCUT2D eigenvalue weighted by atomic mass is 79.9. The van der Waals surface area contributed by atoms with E-state index in [0.717, 1.165) is 48.4 Å². The molecule has 1 fully saturated rings. The highest BCUT2D eigenvalue weighted by Crippen LogP contribution is 2.24. The zero-order chi connectivity index (χ0) is 11.4. The summed E-state index contributed by atoms with van der Waals surface area (Å²) in [5.41, 5.74) is 7.71. The normalized spacial score (nSPS) is 17.3. The van der Waals surface area contributed by atoms with Crippen molar-refractivity contribution in [3.8, 4) is 0 Å². The Labute approximate surface area is 104 Å². The summed E-state index contributed by atoms with van der Waals surface area (Å²) < 4.78 is 6.39. The molecule has 0 amide bonds. The maximum Gasteiger partial charge on any atom is 0.0585 e. The van der Waals surface area contributed by atoms with Gasteiger partial charge >= 0.3 is 0 Å². The van der Waals surface area contributed by atoms with Crippen LogP contribution >= 0.6 is 15.9 Å². The van der Waals surface area contributed by atoms with Crippen LogP contribution in [0.5, 0.6) is 0 Å². The SMILES string of the molecule is Nc1ccc(Br)cc1NCC1CCOCC1. The molecule has 1 aliphatic rings. The number of anilines is 2. The Bertz CT molecular complexity index is 351. The molecule has 4 heteroatoms. The fraction of sp³-hybridized carbons (Fsp3) is 0.500. The van der Waals surface area contributed by atoms with Gasteiger partial charge in [-0.2, -0.15) is 0 Å². The van der Waals surface area contributed by atoms with E-state index < -0.39 is 0 Å². The maximum atomic E-state index is 5.90. The number of rotatable bonds is 3. The summed E-state index contributed by atoms with van der Waals surface area (Å²) in [5.74, 6) is 0.701. The van der Waals surface area contributed by atoms with Crippen LogP contribution in [0, 0.1) is 5.92 Å². The van der Waals surface area contributed by atoms with Gasteiger partial charge in [0.1, 0.15) is 0 Å². The van der Waals surface area contributed by atoms with Gasteiger partial charge in [0.25, 0.3) is 0 Å². The summed E-state index contributed by atoms with van der Waals surface area (Å²) in [6.45, 7) is 2.75. The largest absolute Gasteiger partial charge is 0.397 e. The molecule has 0 atom stereocenters. The standard InChI is InChI=1S/C12H17BrN2O/c13-10-1-2-11(14)12(7-10)15-8-9-3-5-16-6-4-9/h1-2,7,9,15H,3-6,8,14H2. The molecule has 0 aliphatic carbocycles. The molecule has 0 saturated carbocycles. The third-order valence-corrected chi connectivity index (χ3v) is 3.43. The molecule has 2 rings (SSSR count). The molecule has 1 aromatic rings. The summed E-state index contributed by atoms with van der Waals surface area (Å²) in [6.07, 6.45) is 2.28. The molecule has 1 aromatic carbocycles. The van der Waals surface area contributed by atoms with E-state index in [1.54, 1.807) is 0 Å². The lowest BCUT2D eigenvalue weighted by Crippen LogP contribution is -2.22. The molecular formula is C12H17BrN2O. The van der Waals surface area contributed by atoms with E-state index in [-0.39, 0.29) is 0 Å². The van der Waals surface area contributed by atoms with Crippen molar-refractivity contribution in [3.63, 3.8) is 0 Å². The van der Waals surface area contributed by atoms with Crippen molar-refractivity contribution in [2.75, 3.05) is 30.8 Å². The van der Waals surface area contributed by atoms with Crippen molar-refractivity contribution < 1.29 is 4.74 Å². The molecule has 1 saturated heterocycles. The molecular weight excluding hydrogens is 268 g/mol. The molecule has 3 N–H and O–H groups in total. The second kappa shape index (κ2) is 5.55. The minimum absolute atomic E-state index is 0.701. The minimum Gasteiger partial charge on any atom is -0.397 e. The minimum atomic E-state index is 0.701. The predicted molar refractivity (Wildman–Crippen MR) is 70.6 cm³/mol. The van der Waals surface area contributed by atoms with Crippen LogP contribution in [0.4, 0.5) is 11.4 Å². The lowest BCUT2D eigenvalue weighted by atomic mass is 10.0. The Balaban J connectivity index is 1.90. The zero-order valence-corrected chi connectivity index (χ0v) is 10.8. The van der Waals surface area contributed by atoms with Gasteiger partial charge in [-0.3, -0.25) is 0 Å². The first-order valence-electron chi connectivity index (χ1n) is 5.62. The van der Waals surface area contributed by atoms with Crippen molar-refractivity contribution in [3.05, 3.63) is 22.7 Å². The summed E-state index contributed by atoms with van der Waals surface area (Å²) in [6, 6.07) is 5.89. The van der Waals surface area contributed by atoms with Gasteiger partial charge in [-0.05, 0) is 37.0 Å². The van der Waals surface area contributed by atoms with E-state index in [0.29, 0.717) is 5.92 Å². The van der Waals surface area contributed by atoms with Gasteiger partial charge in [-0.15, -0.1) is 0 Å². The molecule has 0 bridgehead atoms. The number of nitrogens with one attached hydrogen (secondary N) is 1. The van der Waals surface area contributed by atoms with Crippen LogP contribution < -0.4 is 11.1 Å². The molecule has 3 nitrogen and oxygen atoms in total. The number of halogens is 1. The summed E-state index contributed by atoms with van der Waals surface area (Å²) in [7, 11) is 0. The van der Waals surface area contributed by atoms with Gasteiger partial charge < -0.3 is 15.8 Å². The Kier molecular flexibility index (Phi) is 4.07. The molecule has 16 heavy (non-hydrogen) atoms. The quantitative estimate of drug-likeness (QED) is 0.839. The van der Waals surface area contributed by atoms with Crippen LogP contribution in [0.1, 0.15) is 12.8 Å². The van der Waals surface area contributed by atoms with E-state index in [4.69, 9.17) is 10.5 Å². The first-order chi connectivity index (χ1) is 7.75. The Morgan fingerprint density at radius 3 is 2.88 bits per heavy atom. The van der Waals surface area contributed by atoms with Crippen LogP contribution in [0.3, 0.4) is 0 Å². The molecule has 88 valence electrons. The van der Waals surface area contributed by atoms with E-state index in [2.05, 4.69) is 21.2 Å². The summed E-state index contributed by atoms with van der Waals surface area (Å²) >= 11 is 3.45. The third kappa shape index (κ3) is 3.12. The highest BCUT2D eigenvalue weighted by Gasteiger charge is 2.13. The first-order valence-corrected chi connectivity index (χ1v) is 6.41. The Hall–Kier alpha value is -0.740. The van der Waals surface area contributed by atoms with Crippen LogP contribution in [0.2, 0.25) is 0 Å². The number of hydrogen-bond donors (Lipinski definition) is 2. The topological polar surface area (TPSA) is 47.3 Å². The molecule has 0 aromatic heterocycles. The van der Waals surface area contributed by atoms with Crippen molar-refractivity contribution >= 4 is 27.3 Å². The average Bonchev–Trinajstić information content (AvgIpc) is 2.32. The number of nitrogens with two attached hydrogens (primary N) is 1. The highest BCUT2D eigenvalue weighted by molar-refractivity contribution is 9.10. The smallest absolute Gasteiger partial charge is 0.0585 e. The molecule has 0 radical (unpaired) electrons. The predicted octanol–water partition coefficient (Wildman–Crippen LogP) is 2.87. The van der Waals surface area contributed by atoms with Gasteiger partial charge in [0.15, 0.2) is 0 Å². The van der Waals surface area contributed by atoms with Crippen LogP contribution in [0.15, 0.2) is 22.7 Å². The van der Waals surface area contributed by atoms with E-state index >= 15 is 0 Å². The van der Waals surface area contributed by atoms with Crippen LogP contribution in [0.25, 0.3) is 0 Å². The Morgan fingerprint density at radius 2 is 2.12 bits per heavy atom. The molecule has 1 heterocycles. The average molecular weight is 285 g/mol. The van der Waals surface area contributed by atoms with Gasteiger partial charge in [0.2, 0.25) is 0 Å². The molecule has 1 aliphatic heterocycles. The van der Waals surface area contributed by atoms with Gasteiger partial charge in [0.05, 0.1) is 11.4 Å². The van der Waals surface area contributed by atoms with Gasteiger partial charge in [0, 0.05) is 24.2 Å². The third-order valence-electron chi connectivity index (χ3n) is 2.94. The number of ether oxygens (including phenoxy) is 1. The molecule has 0 unspecified atom stereocenters. The number of hydrogen-bond acceptors (Lipinski definition) is 3.